The number of aromatic nitrogens is 4. The first-order valence-electron chi connectivity index (χ1n) is 11.8. The fraction of sp³-hybridized carbons (Fsp3) is 0.185. The van der Waals surface area contributed by atoms with Gasteiger partial charge in [-0.25, -0.2) is 29.1 Å². The number of aryl methyl sites for hydroxylation is 1. The summed E-state index contributed by atoms with van der Waals surface area (Å²) < 4.78 is 31.8. The van der Waals surface area contributed by atoms with E-state index in [1.807, 2.05) is 25.1 Å². The van der Waals surface area contributed by atoms with E-state index in [-0.39, 0.29) is 23.1 Å². The van der Waals surface area contributed by atoms with Crippen LogP contribution in [0.1, 0.15) is 18.2 Å². The number of methoxy groups -OCH3 is 1. The molecule has 1 atom stereocenters. The molecule has 5 aromatic rings. The van der Waals surface area contributed by atoms with Gasteiger partial charge in [0, 0.05) is 11.6 Å². The lowest BCUT2D eigenvalue weighted by molar-refractivity contribution is 0.0844. The lowest BCUT2D eigenvalue weighted by Crippen LogP contribution is -2.25. The number of halogens is 2. The molecule has 0 fully saturated rings. The van der Waals surface area contributed by atoms with E-state index in [2.05, 4.69) is 25.3 Å². The van der Waals surface area contributed by atoms with Crippen LogP contribution in [0.2, 0.25) is 5.02 Å². The smallest absolute Gasteiger partial charge is 0.412 e. The molecular formula is C27H20ClFN6O4S. The summed E-state index contributed by atoms with van der Waals surface area (Å²) in [6, 6.07) is 10.2. The molecule has 5 rings (SSSR count). The number of anilines is 1. The molecule has 10 nitrogen and oxygen atoms in total. The summed E-state index contributed by atoms with van der Waals surface area (Å²) in [7, 11) is 1.52. The van der Waals surface area contributed by atoms with E-state index in [0.29, 0.717) is 37.8 Å². The van der Waals surface area contributed by atoms with Crippen molar-refractivity contribution in [3.8, 4) is 28.3 Å². The number of nitrogens with one attached hydrogen (secondary N) is 1. The van der Waals surface area contributed by atoms with Gasteiger partial charge in [0.25, 0.3) is 0 Å². The third-order valence-electron chi connectivity index (χ3n) is 5.65. The summed E-state index contributed by atoms with van der Waals surface area (Å²) in [6.07, 6.45) is 1.37. The van der Waals surface area contributed by atoms with E-state index in [9.17, 15) is 4.79 Å². The minimum atomic E-state index is -0.773. The molecule has 1 amide bonds. The summed E-state index contributed by atoms with van der Waals surface area (Å²) >= 11 is 7.66. The van der Waals surface area contributed by atoms with Gasteiger partial charge in [-0.2, -0.15) is 5.26 Å². The Balaban J connectivity index is 1.33. The molecule has 0 bridgehead atoms. The molecule has 0 aliphatic heterocycles. The van der Waals surface area contributed by atoms with Crippen LogP contribution in [0, 0.1) is 24.1 Å². The molecule has 0 aliphatic rings. The molecule has 0 spiro atoms. The molecule has 1 N–H and O–H groups in total. The van der Waals surface area contributed by atoms with Crippen molar-refractivity contribution >= 4 is 56.0 Å². The summed E-state index contributed by atoms with van der Waals surface area (Å²) in [5, 5.41) is 11.7. The van der Waals surface area contributed by atoms with Crippen LogP contribution >= 0.6 is 22.9 Å². The van der Waals surface area contributed by atoms with Gasteiger partial charge in [0.05, 0.1) is 40.9 Å². The topological polar surface area (TPSA) is 132 Å². The Bertz CT molecular complexity index is 1790. The maximum absolute atomic E-state index is 15.1. The number of thiazole rings is 1. The maximum Gasteiger partial charge on any atom is 0.412 e. The number of rotatable bonds is 7. The van der Waals surface area contributed by atoms with Gasteiger partial charge in [0.2, 0.25) is 5.88 Å². The Morgan fingerprint density at radius 1 is 1.20 bits per heavy atom. The van der Waals surface area contributed by atoms with Crippen LogP contribution in [0.25, 0.3) is 31.8 Å². The first-order chi connectivity index (χ1) is 19.2. The zero-order valence-electron chi connectivity index (χ0n) is 21.4. The number of carbonyl (C=O) groups is 1. The lowest BCUT2D eigenvalue weighted by Gasteiger charge is -2.15. The van der Waals surface area contributed by atoms with Crippen LogP contribution in [0.15, 0.2) is 42.7 Å². The molecule has 0 radical (unpaired) electrons. The van der Waals surface area contributed by atoms with E-state index in [4.69, 9.17) is 31.1 Å². The van der Waals surface area contributed by atoms with E-state index in [1.165, 1.54) is 49.0 Å². The second-order valence-electron chi connectivity index (χ2n) is 8.66. The number of benzene rings is 2. The zero-order valence-corrected chi connectivity index (χ0v) is 22.9. The van der Waals surface area contributed by atoms with Gasteiger partial charge in [0.1, 0.15) is 40.0 Å². The van der Waals surface area contributed by atoms with Crippen molar-refractivity contribution in [1.82, 2.24) is 19.9 Å². The van der Waals surface area contributed by atoms with Gasteiger partial charge in [-0.1, -0.05) is 11.6 Å². The van der Waals surface area contributed by atoms with Crippen molar-refractivity contribution in [3.05, 3.63) is 64.8 Å². The molecule has 3 aromatic heterocycles. The molecule has 13 heteroatoms. The molecular weight excluding hydrogens is 559 g/mol. The average Bonchev–Trinajstić information content (AvgIpc) is 3.38. The number of hydrogen-bond donors (Lipinski definition) is 1. The summed E-state index contributed by atoms with van der Waals surface area (Å²) in [4.78, 5) is 29.6. The highest BCUT2D eigenvalue weighted by Gasteiger charge is 2.21. The monoisotopic (exact) mass is 578 g/mol. The largest absolute Gasteiger partial charge is 0.487 e. The molecule has 202 valence electrons. The minimum Gasteiger partial charge on any atom is -0.487 e. The Morgan fingerprint density at radius 3 is 2.75 bits per heavy atom. The highest BCUT2D eigenvalue weighted by molar-refractivity contribution is 7.21. The van der Waals surface area contributed by atoms with Crippen LogP contribution in [0.5, 0.6) is 11.6 Å². The quantitative estimate of drug-likeness (QED) is 0.236. The second-order valence-corrected chi connectivity index (χ2v) is 10.1. The van der Waals surface area contributed by atoms with Gasteiger partial charge in [-0.05, 0) is 43.7 Å². The van der Waals surface area contributed by atoms with Crippen molar-refractivity contribution < 1.29 is 23.4 Å². The molecule has 3 heterocycles. The Labute approximate surface area is 236 Å². The SMILES string of the molecule is COc1cnc2c(-c3nc4c(Cl)c(F)c(OC[C@@H](C)OC(=O)Nc5ccc(C#N)nc5)cc4s3)cc(C)cc2n1. The number of amides is 1. The molecule has 2 aromatic carbocycles. The summed E-state index contributed by atoms with van der Waals surface area (Å²) in [6.45, 7) is 3.39. The van der Waals surface area contributed by atoms with Crippen molar-refractivity contribution in [1.29, 1.82) is 5.26 Å². The summed E-state index contributed by atoms with van der Waals surface area (Å²) in [5.41, 5.74) is 3.81. The number of fused-ring (bicyclic) bond motifs is 2. The highest BCUT2D eigenvalue weighted by atomic mass is 35.5. The second kappa shape index (κ2) is 11.3. The van der Waals surface area contributed by atoms with Crippen molar-refractivity contribution in [3.63, 3.8) is 0 Å². The lowest BCUT2D eigenvalue weighted by atomic mass is 10.1. The molecule has 0 saturated heterocycles. The van der Waals surface area contributed by atoms with Crippen molar-refractivity contribution in [2.45, 2.75) is 20.0 Å². The maximum atomic E-state index is 15.1. The van der Waals surface area contributed by atoms with E-state index >= 15 is 4.39 Å². The van der Waals surface area contributed by atoms with Crippen LogP contribution in [0.4, 0.5) is 14.9 Å². The van der Waals surface area contributed by atoms with E-state index in [0.717, 1.165) is 11.1 Å². The number of pyridine rings is 1. The Morgan fingerprint density at radius 2 is 2.02 bits per heavy atom. The predicted octanol–water partition coefficient (Wildman–Crippen LogP) is 6.30. The third kappa shape index (κ3) is 5.56. The first kappa shape index (κ1) is 27.0. The number of carbonyl (C=O) groups excluding carboxylic acids is 1. The van der Waals surface area contributed by atoms with Crippen molar-refractivity contribution in [2.75, 3.05) is 19.0 Å². The zero-order chi connectivity index (χ0) is 28.4. The van der Waals surface area contributed by atoms with Gasteiger partial charge >= 0.3 is 6.09 Å². The third-order valence-corrected chi connectivity index (χ3v) is 7.03. The van der Waals surface area contributed by atoms with Gasteiger partial charge in [0.15, 0.2) is 11.6 Å². The molecule has 40 heavy (non-hydrogen) atoms. The summed E-state index contributed by atoms with van der Waals surface area (Å²) in [5.74, 6) is -0.481. The van der Waals surface area contributed by atoms with Crippen LogP contribution in [0.3, 0.4) is 0 Å². The van der Waals surface area contributed by atoms with Gasteiger partial charge < -0.3 is 14.2 Å². The first-order valence-corrected chi connectivity index (χ1v) is 13.0. The molecule has 0 aliphatic carbocycles. The van der Waals surface area contributed by atoms with Gasteiger partial charge in [-0.15, -0.1) is 11.3 Å². The van der Waals surface area contributed by atoms with E-state index in [1.54, 1.807) is 6.92 Å². The normalized spacial score (nSPS) is 11.7. The van der Waals surface area contributed by atoms with Crippen LogP contribution in [-0.2, 0) is 4.74 Å². The fourth-order valence-electron chi connectivity index (χ4n) is 3.82. The fourth-order valence-corrected chi connectivity index (χ4v) is 5.13. The number of nitrogens with zero attached hydrogens (tertiary/aromatic N) is 5. The molecule has 0 unspecified atom stereocenters. The van der Waals surface area contributed by atoms with E-state index < -0.39 is 18.0 Å². The minimum absolute atomic E-state index is 0.0986. The Hall–Kier alpha value is -4.60. The van der Waals surface area contributed by atoms with Crippen molar-refractivity contribution in [2.24, 2.45) is 0 Å². The molecule has 0 saturated carbocycles. The Kier molecular flexibility index (Phi) is 7.59. The predicted molar refractivity (Wildman–Crippen MR) is 148 cm³/mol. The average molecular weight is 579 g/mol. The standard InChI is InChI=1S/C27H20ClFN6O4S/c1-13-6-17(24-18(7-13)34-21(37-3)11-32-24)26-35-25-20(40-26)8-19(23(29)22(25)28)38-12-14(2)39-27(36)33-16-5-4-15(9-30)31-10-16/h4-8,10-11,14H,12H2,1-3H3,(H,33,36)/t14-/m1/s1. The van der Waals surface area contributed by atoms with Crippen LogP contribution < -0.4 is 14.8 Å². The number of nitriles is 1. The number of ether oxygens (including phenoxy) is 3. The van der Waals surface area contributed by atoms with Crippen LogP contribution in [-0.4, -0.2) is 45.8 Å². The number of hydrogen-bond acceptors (Lipinski definition) is 10. The van der Waals surface area contributed by atoms with Gasteiger partial charge in [-0.3, -0.25) is 5.32 Å². The highest BCUT2D eigenvalue weighted by Crippen LogP contribution is 2.40.